The highest BCUT2D eigenvalue weighted by Gasteiger charge is 2.46. The van der Waals surface area contributed by atoms with Crippen molar-refractivity contribution in [2.45, 2.75) is 206 Å². The molecule has 1 aromatic heterocycles. The zero-order valence-electron chi connectivity index (χ0n) is 38.2. The van der Waals surface area contributed by atoms with Crippen molar-refractivity contribution in [3.8, 4) is 0 Å². The fraction of sp³-hybridized carbons (Fsp3) is 0.860. The predicted molar refractivity (Wildman–Crippen MR) is 238 cm³/mol. The van der Waals surface area contributed by atoms with Gasteiger partial charge >= 0.3 is 33.3 Å². The highest BCUT2D eigenvalue weighted by Crippen LogP contribution is 2.60. The number of aliphatic hydroxyl groups excluding tert-OH is 2. The number of hydrogen-bond acceptors (Lipinski definition) is 15. The van der Waals surface area contributed by atoms with E-state index in [1.165, 1.54) is 82.9 Å². The number of carbonyl (C=O) groups is 2. The number of unbranched alkanes of at least 4 members (excludes halogenated alkanes) is 16. The van der Waals surface area contributed by atoms with E-state index in [4.69, 9.17) is 29.0 Å². The third-order valence-electron chi connectivity index (χ3n) is 11.2. The van der Waals surface area contributed by atoms with Crippen LogP contribution < -0.4 is 11.4 Å². The summed E-state index contributed by atoms with van der Waals surface area (Å²) in [5.41, 5.74) is 4.58. The first kappa shape index (κ1) is 56.9. The van der Waals surface area contributed by atoms with Crippen LogP contribution in [0.25, 0.3) is 0 Å². The number of carbonyl (C=O) groups excluding carboxylic acids is 2. The first-order valence-corrected chi connectivity index (χ1v) is 26.3. The van der Waals surface area contributed by atoms with Gasteiger partial charge in [0, 0.05) is 19.0 Å². The Morgan fingerprint density at radius 1 is 0.762 bits per heavy atom. The first-order valence-electron chi connectivity index (χ1n) is 23.3. The fourth-order valence-electron chi connectivity index (χ4n) is 7.12. The Kier molecular flexibility index (Phi) is 28.6. The van der Waals surface area contributed by atoms with Gasteiger partial charge in [0.05, 0.1) is 13.2 Å². The van der Waals surface area contributed by atoms with Crippen LogP contribution in [0.4, 0.5) is 5.82 Å². The molecule has 4 unspecified atom stereocenters. The van der Waals surface area contributed by atoms with Gasteiger partial charge in [-0.15, -0.1) is 0 Å². The molecule has 0 spiro atoms. The molecule has 1 fully saturated rings. The molecule has 6 N–H and O–H groups in total. The van der Waals surface area contributed by atoms with E-state index in [9.17, 15) is 43.5 Å². The lowest BCUT2D eigenvalue weighted by molar-refractivity contribution is -0.161. The van der Waals surface area contributed by atoms with Crippen molar-refractivity contribution in [3.63, 3.8) is 0 Å². The van der Waals surface area contributed by atoms with Crippen molar-refractivity contribution in [2.75, 3.05) is 25.6 Å². The van der Waals surface area contributed by atoms with Crippen molar-refractivity contribution < 1.29 is 66.3 Å². The van der Waals surface area contributed by atoms with Crippen molar-refractivity contribution in [1.29, 1.82) is 0 Å². The van der Waals surface area contributed by atoms with Crippen LogP contribution in [0, 0.1) is 11.8 Å². The number of hydrogen-bond donors (Lipinski definition) is 5. The summed E-state index contributed by atoms with van der Waals surface area (Å²) in [6.07, 6.45) is 16.5. The molecule has 0 radical (unpaired) electrons. The second-order valence-corrected chi connectivity index (χ2v) is 20.4. The molecule has 0 aliphatic carbocycles. The Morgan fingerprint density at radius 3 is 1.81 bits per heavy atom. The van der Waals surface area contributed by atoms with Crippen molar-refractivity contribution >= 4 is 33.4 Å². The summed E-state index contributed by atoms with van der Waals surface area (Å²) in [7, 11) is -10.8. The summed E-state index contributed by atoms with van der Waals surface area (Å²) in [4.78, 5) is 61.7. The summed E-state index contributed by atoms with van der Waals surface area (Å²) < 4.78 is 56.6. The van der Waals surface area contributed by atoms with Crippen molar-refractivity contribution in [2.24, 2.45) is 11.8 Å². The topological polar surface area (TPSA) is 265 Å². The van der Waals surface area contributed by atoms with Crippen LogP contribution in [0.3, 0.4) is 0 Å². The Balaban J connectivity index is 1.83. The number of anilines is 1. The summed E-state index contributed by atoms with van der Waals surface area (Å²) in [5.74, 6) is 0.235. The lowest BCUT2D eigenvalue weighted by Gasteiger charge is -2.21. The lowest BCUT2D eigenvalue weighted by Crippen LogP contribution is -2.36. The molecule has 1 saturated heterocycles. The summed E-state index contributed by atoms with van der Waals surface area (Å²) in [6.45, 7) is 6.71. The van der Waals surface area contributed by atoms with E-state index in [0.29, 0.717) is 12.8 Å². The third-order valence-corrected chi connectivity index (χ3v) is 13.8. The molecule has 0 amide bonds. The smallest absolute Gasteiger partial charge is 0.462 e. The second-order valence-electron chi connectivity index (χ2n) is 17.3. The molecule has 366 valence electrons. The largest absolute Gasteiger partial charge is 0.481 e. The van der Waals surface area contributed by atoms with Crippen LogP contribution in [-0.4, -0.2) is 85.7 Å². The van der Waals surface area contributed by atoms with Gasteiger partial charge in [-0.25, -0.2) is 13.9 Å². The number of aliphatic hydroxyl groups is 2. The van der Waals surface area contributed by atoms with Crippen molar-refractivity contribution in [3.05, 3.63) is 22.7 Å². The SMILES string of the molecule is CCC(C)CCCCCCCCCCCCC(=O)O[C@H](COC(=O)CCCCCCCCCCC(C)C)COP(=O)(O)OP(=O)(O)OC[C@H]1O[C@@H](n2ccc(N)nc2=O)C(O)[C@H]1O. The van der Waals surface area contributed by atoms with E-state index in [1.807, 2.05) is 0 Å². The van der Waals surface area contributed by atoms with Crippen LogP contribution >= 0.6 is 15.6 Å². The van der Waals surface area contributed by atoms with Gasteiger partial charge in [-0.2, -0.15) is 9.29 Å². The highest BCUT2D eigenvalue weighted by molar-refractivity contribution is 7.61. The monoisotopic (exact) mass is 939 g/mol. The summed E-state index contributed by atoms with van der Waals surface area (Å²) >= 11 is 0. The molecule has 63 heavy (non-hydrogen) atoms. The zero-order chi connectivity index (χ0) is 46.7. The molecule has 0 aromatic carbocycles. The summed E-state index contributed by atoms with van der Waals surface area (Å²) in [6, 6.07) is 1.25. The number of phosphoric acid groups is 2. The number of esters is 2. The maximum absolute atomic E-state index is 12.8. The van der Waals surface area contributed by atoms with Gasteiger partial charge in [0.25, 0.3) is 0 Å². The van der Waals surface area contributed by atoms with Gasteiger partial charge in [0.2, 0.25) is 0 Å². The number of ether oxygens (including phenoxy) is 3. The van der Waals surface area contributed by atoms with E-state index in [1.54, 1.807) is 0 Å². The van der Waals surface area contributed by atoms with E-state index in [0.717, 1.165) is 67.8 Å². The maximum atomic E-state index is 12.8. The van der Waals surface area contributed by atoms with Crippen molar-refractivity contribution in [1.82, 2.24) is 9.55 Å². The Labute approximate surface area is 374 Å². The van der Waals surface area contributed by atoms with Gasteiger partial charge in [-0.05, 0) is 30.7 Å². The molecule has 0 bridgehead atoms. The minimum Gasteiger partial charge on any atom is -0.462 e. The molecule has 18 nitrogen and oxygen atoms in total. The molecule has 1 aromatic rings. The minimum atomic E-state index is -5.41. The van der Waals surface area contributed by atoms with Gasteiger partial charge in [-0.3, -0.25) is 23.2 Å². The number of nitrogens with two attached hydrogens (primary N) is 1. The van der Waals surface area contributed by atoms with Crippen LogP contribution in [0.5, 0.6) is 0 Å². The number of nitrogens with zero attached hydrogens (tertiary/aromatic N) is 2. The zero-order valence-corrected chi connectivity index (χ0v) is 40.0. The fourth-order valence-corrected chi connectivity index (χ4v) is 9.23. The number of aromatic nitrogens is 2. The van der Waals surface area contributed by atoms with E-state index in [2.05, 4.69) is 37.0 Å². The average molecular weight is 940 g/mol. The summed E-state index contributed by atoms with van der Waals surface area (Å²) in [5, 5.41) is 20.9. The molecule has 1 aliphatic rings. The number of nitrogen functional groups attached to an aromatic ring is 1. The third kappa shape index (κ3) is 25.9. The van der Waals surface area contributed by atoms with Crippen LogP contribution in [-0.2, 0) is 46.3 Å². The maximum Gasteiger partial charge on any atom is 0.481 e. The van der Waals surface area contributed by atoms with Gasteiger partial charge < -0.3 is 39.9 Å². The lowest BCUT2D eigenvalue weighted by atomic mass is 9.99. The molecule has 20 heteroatoms. The van der Waals surface area contributed by atoms with Crippen LogP contribution in [0.15, 0.2) is 17.1 Å². The molecule has 8 atom stereocenters. The number of phosphoric ester groups is 2. The van der Waals surface area contributed by atoms with E-state index >= 15 is 0 Å². The van der Waals surface area contributed by atoms with Gasteiger partial charge in [0.1, 0.15) is 30.7 Å². The van der Waals surface area contributed by atoms with Gasteiger partial charge in [0.15, 0.2) is 12.3 Å². The Hall–Kier alpha value is -2.24. The molecule has 1 aliphatic heterocycles. The first-order chi connectivity index (χ1) is 29.9. The Bertz CT molecular complexity index is 1580. The molecule has 2 heterocycles. The van der Waals surface area contributed by atoms with E-state index in [-0.39, 0.29) is 18.7 Å². The highest BCUT2D eigenvalue weighted by atomic mass is 31.3. The minimum absolute atomic E-state index is 0.0550. The molecular formula is C43H79N3O15P2. The normalized spacial score (nSPS) is 20.6. The van der Waals surface area contributed by atoms with E-state index < -0.39 is 83.7 Å². The Morgan fingerprint density at radius 2 is 1.27 bits per heavy atom. The second kappa shape index (κ2) is 31.6. The standard InChI is InChI=1S/C43H79N3O15P2/c1-5-34(4)25-21-17-13-8-6-7-9-15-19-23-27-39(48)59-35(30-56-38(47)26-22-18-14-11-10-12-16-20-24-33(2)3)31-57-62(52,53)61-63(54,55)58-32-36-40(49)41(50)42(60-36)46-29-28-37(44)45-43(46)51/h28-29,33-36,40-42,49-50H,5-27,30-32H2,1-4H3,(H,52,53)(H,54,55)(H2,44,45,51)/t34?,35-,36-,40+,41?,42-/m1/s1. The molecule has 0 saturated carbocycles. The molecule has 2 rings (SSSR count). The van der Waals surface area contributed by atoms with Crippen LogP contribution in [0.1, 0.15) is 182 Å². The van der Waals surface area contributed by atoms with Crippen LogP contribution in [0.2, 0.25) is 0 Å². The molecular weight excluding hydrogens is 860 g/mol. The quantitative estimate of drug-likeness (QED) is 0.0238. The number of rotatable bonds is 37. The average Bonchev–Trinajstić information content (AvgIpc) is 3.50. The predicted octanol–water partition coefficient (Wildman–Crippen LogP) is 8.43. The van der Waals surface area contributed by atoms with Gasteiger partial charge in [-0.1, -0.05) is 150 Å².